The lowest BCUT2D eigenvalue weighted by atomic mass is 9.92. The fourth-order valence-electron chi connectivity index (χ4n) is 2.35. The van der Waals surface area contributed by atoms with Gasteiger partial charge in [0.05, 0.1) is 12.1 Å². The third-order valence-electron chi connectivity index (χ3n) is 3.28. The maximum absolute atomic E-state index is 5.55. The van der Waals surface area contributed by atoms with Gasteiger partial charge in [0.25, 0.3) is 0 Å². The first kappa shape index (κ1) is 13.4. The van der Waals surface area contributed by atoms with Gasteiger partial charge in [-0.2, -0.15) is 0 Å². The zero-order chi connectivity index (χ0) is 12.3. The van der Waals surface area contributed by atoms with E-state index < -0.39 is 0 Å². The fraction of sp³-hybridized carbons (Fsp3) is 0.538. The van der Waals surface area contributed by atoms with E-state index >= 15 is 0 Å². The Hall–Kier alpha value is -0.0600. The summed E-state index contributed by atoms with van der Waals surface area (Å²) in [6, 6.07) is 6.63. The van der Waals surface area contributed by atoms with Crippen LogP contribution in [0.2, 0.25) is 0 Å². The zero-order valence-corrected chi connectivity index (χ0v) is 13.1. The SMILES string of the molecule is COC1CCCCC1Nc1ccc(Br)cc1Br. The standard InChI is InChI=1S/C13H17Br2NO/c1-17-13-5-3-2-4-12(13)16-11-7-6-9(14)8-10(11)15/h6-8,12-13,16H,2-5H2,1H3. The van der Waals surface area contributed by atoms with Gasteiger partial charge in [0.1, 0.15) is 0 Å². The number of nitrogens with one attached hydrogen (secondary N) is 1. The van der Waals surface area contributed by atoms with Crippen LogP contribution in [-0.4, -0.2) is 19.3 Å². The van der Waals surface area contributed by atoms with E-state index in [1.54, 1.807) is 7.11 Å². The minimum atomic E-state index is 0.333. The van der Waals surface area contributed by atoms with Crippen LogP contribution in [0.25, 0.3) is 0 Å². The van der Waals surface area contributed by atoms with Gasteiger partial charge in [-0.3, -0.25) is 0 Å². The first-order valence-electron chi connectivity index (χ1n) is 5.95. The summed E-state index contributed by atoms with van der Waals surface area (Å²) in [6.45, 7) is 0. The number of hydrogen-bond donors (Lipinski definition) is 1. The minimum absolute atomic E-state index is 0.333. The van der Waals surface area contributed by atoms with Gasteiger partial charge in [-0.05, 0) is 47.0 Å². The monoisotopic (exact) mass is 361 g/mol. The average molecular weight is 363 g/mol. The summed E-state index contributed by atoms with van der Waals surface area (Å²) in [6.07, 6.45) is 5.23. The molecule has 0 aromatic heterocycles. The predicted octanol–water partition coefficient (Wildman–Crippen LogP) is 4.58. The predicted molar refractivity (Wildman–Crippen MR) is 78.5 cm³/mol. The molecule has 0 radical (unpaired) electrons. The fourth-order valence-corrected chi connectivity index (χ4v) is 3.51. The molecule has 1 aromatic rings. The molecular weight excluding hydrogens is 346 g/mol. The second kappa shape index (κ2) is 6.21. The van der Waals surface area contributed by atoms with Crippen molar-refractivity contribution in [2.75, 3.05) is 12.4 Å². The molecule has 0 spiro atoms. The Kier molecular flexibility index (Phi) is 4.88. The van der Waals surface area contributed by atoms with E-state index in [-0.39, 0.29) is 0 Å². The van der Waals surface area contributed by atoms with E-state index in [0.717, 1.165) is 21.1 Å². The van der Waals surface area contributed by atoms with Crippen LogP contribution in [0.5, 0.6) is 0 Å². The van der Waals surface area contributed by atoms with Gasteiger partial charge in [0.15, 0.2) is 0 Å². The lowest BCUT2D eigenvalue weighted by Crippen LogP contribution is -2.37. The van der Waals surface area contributed by atoms with Crippen molar-refractivity contribution in [3.05, 3.63) is 27.1 Å². The largest absolute Gasteiger partial charge is 0.379 e. The van der Waals surface area contributed by atoms with E-state index in [1.807, 2.05) is 0 Å². The average Bonchev–Trinajstić information content (AvgIpc) is 2.33. The van der Waals surface area contributed by atoms with E-state index in [4.69, 9.17) is 4.74 Å². The number of anilines is 1. The van der Waals surface area contributed by atoms with Crippen LogP contribution in [0.1, 0.15) is 25.7 Å². The van der Waals surface area contributed by atoms with Gasteiger partial charge >= 0.3 is 0 Å². The molecule has 2 unspecified atom stereocenters. The third-order valence-corrected chi connectivity index (χ3v) is 4.43. The molecule has 4 heteroatoms. The number of benzene rings is 1. The number of hydrogen-bond acceptors (Lipinski definition) is 2. The molecule has 17 heavy (non-hydrogen) atoms. The Bertz CT molecular complexity index is 384. The molecule has 0 bridgehead atoms. The summed E-state index contributed by atoms with van der Waals surface area (Å²) in [5, 5.41) is 3.58. The molecule has 1 saturated carbocycles. The highest BCUT2D eigenvalue weighted by Crippen LogP contribution is 2.30. The lowest BCUT2D eigenvalue weighted by Gasteiger charge is -2.32. The molecule has 0 saturated heterocycles. The molecule has 2 rings (SSSR count). The van der Waals surface area contributed by atoms with Crippen LogP contribution in [0.4, 0.5) is 5.69 Å². The number of halogens is 2. The van der Waals surface area contributed by atoms with Crippen LogP contribution in [0.3, 0.4) is 0 Å². The van der Waals surface area contributed by atoms with Crippen LogP contribution in [0, 0.1) is 0 Å². The Balaban J connectivity index is 2.08. The maximum Gasteiger partial charge on any atom is 0.0772 e. The Morgan fingerprint density at radius 3 is 2.71 bits per heavy atom. The van der Waals surface area contributed by atoms with E-state index in [1.165, 1.54) is 19.3 Å². The van der Waals surface area contributed by atoms with Crippen molar-refractivity contribution in [2.24, 2.45) is 0 Å². The zero-order valence-electron chi connectivity index (χ0n) is 9.88. The smallest absolute Gasteiger partial charge is 0.0772 e. The molecule has 1 aromatic carbocycles. The summed E-state index contributed by atoms with van der Waals surface area (Å²) < 4.78 is 7.73. The van der Waals surface area contributed by atoms with Gasteiger partial charge < -0.3 is 10.1 Å². The van der Waals surface area contributed by atoms with Crippen LogP contribution in [-0.2, 0) is 4.74 Å². The maximum atomic E-state index is 5.55. The van der Waals surface area contributed by atoms with Gasteiger partial charge in [0.2, 0.25) is 0 Å². The first-order chi connectivity index (χ1) is 8.20. The highest BCUT2D eigenvalue weighted by atomic mass is 79.9. The lowest BCUT2D eigenvalue weighted by molar-refractivity contribution is 0.0606. The van der Waals surface area contributed by atoms with Crippen molar-refractivity contribution in [1.82, 2.24) is 0 Å². The topological polar surface area (TPSA) is 21.3 Å². The molecule has 1 aliphatic rings. The van der Waals surface area contributed by atoms with Gasteiger partial charge in [-0.1, -0.05) is 28.8 Å². The normalized spacial score (nSPS) is 24.6. The van der Waals surface area contributed by atoms with Crippen molar-refractivity contribution >= 4 is 37.5 Å². The summed E-state index contributed by atoms with van der Waals surface area (Å²) >= 11 is 7.05. The summed E-state index contributed by atoms with van der Waals surface area (Å²) in [7, 11) is 1.81. The molecule has 0 heterocycles. The molecule has 94 valence electrons. The van der Waals surface area contributed by atoms with Crippen molar-refractivity contribution in [2.45, 2.75) is 37.8 Å². The summed E-state index contributed by atoms with van der Waals surface area (Å²) in [5.74, 6) is 0. The molecule has 1 aliphatic carbocycles. The van der Waals surface area contributed by atoms with Crippen molar-refractivity contribution in [1.29, 1.82) is 0 Å². The number of ether oxygens (including phenoxy) is 1. The molecule has 0 aliphatic heterocycles. The number of rotatable bonds is 3. The van der Waals surface area contributed by atoms with Crippen LogP contribution >= 0.6 is 31.9 Å². The minimum Gasteiger partial charge on any atom is -0.379 e. The number of methoxy groups -OCH3 is 1. The molecule has 0 amide bonds. The van der Waals surface area contributed by atoms with Crippen LogP contribution in [0.15, 0.2) is 27.1 Å². The van der Waals surface area contributed by atoms with E-state index in [9.17, 15) is 0 Å². The van der Waals surface area contributed by atoms with Gasteiger partial charge in [-0.15, -0.1) is 0 Å². The molecular formula is C13H17Br2NO. The second-order valence-electron chi connectivity index (χ2n) is 4.43. The van der Waals surface area contributed by atoms with Crippen molar-refractivity contribution in [3.63, 3.8) is 0 Å². The molecule has 1 N–H and O–H groups in total. The van der Waals surface area contributed by atoms with Crippen LogP contribution < -0.4 is 5.32 Å². The summed E-state index contributed by atoms with van der Waals surface area (Å²) in [5.41, 5.74) is 1.14. The van der Waals surface area contributed by atoms with E-state index in [0.29, 0.717) is 12.1 Å². The van der Waals surface area contributed by atoms with Gasteiger partial charge in [0, 0.05) is 21.7 Å². The Morgan fingerprint density at radius 1 is 1.24 bits per heavy atom. The van der Waals surface area contributed by atoms with Crippen molar-refractivity contribution in [3.8, 4) is 0 Å². The Morgan fingerprint density at radius 2 is 2.00 bits per heavy atom. The first-order valence-corrected chi connectivity index (χ1v) is 7.53. The third kappa shape index (κ3) is 3.46. The second-order valence-corrected chi connectivity index (χ2v) is 6.20. The Labute approximate surface area is 119 Å². The molecule has 1 fully saturated rings. The summed E-state index contributed by atoms with van der Waals surface area (Å²) in [4.78, 5) is 0. The molecule has 2 nitrogen and oxygen atoms in total. The highest BCUT2D eigenvalue weighted by molar-refractivity contribution is 9.11. The highest BCUT2D eigenvalue weighted by Gasteiger charge is 2.25. The van der Waals surface area contributed by atoms with Crippen molar-refractivity contribution < 1.29 is 4.74 Å². The quantitative estimate of drug-likeness (QED) is 0.849. The van der Waals surface area contributed by atoms with Gasteiger partial charge in [-0.25, -0.2) is 0 Å². The molecule has 2 atom stereocenters. The van der Waals surface area contributed by atoms with E-state index in [2.05, 4.69) is 55.4 Å².